The first-order valence-electron chi connectivity index (χ1n) is 9.25. The minimum atomic E-state index is -0.422. The van der Waals surface area contributed by atoms with Crippen LogP contribution in [0.1, 0.15) is 25.3 Å². The van der Waals surface area contributed by atoms with Gasteiger partial charge < -0.3 is 9.47 Å². The molecule has 3 aromatic rings. The first kappa shape index (κ1) is 19.2. The van der Waals surface area contributed by atoms with E-state index in [0.717, 1.165) is 34.7 Å². The van der Waals surface area contributed by atoms with Crippen molar-refractivity contribution in [3.8, 4) is 22.9 Å². The minimum absolute atomic E-state index is 0.409. The van der Waals surface area contributed by atoms with Gasteiger partial charge >= 0.3 is 5.97 Å². The van der Waals surface area contributed by atoms with Gasteiger partial charge in [0, 0.05) is 5.56 Å². The van der Waals surface area contributed by atoms with E-state index in [4.69, 9.17) is 14.7 Å². The molecule has 0 aliphatic carbocycles. The molecule has 4 nitrogen and oxygen atoms in total. The van der Waals surface area contributed by atoms with Gasteiger partial charge in [0.1, 0.15) is 5.75 Å². The minimum Gasteiger partial charge on any atom is -0.464 e. The van der Waals surface area contributed by atoms with E-state index in [2.05, 4.69) is 6.07 Å². The lowest BCUT2D eigenvalue weighted by Gasteiger charge is -2.13. The van der Waals surface area contributed by atoms with E-state index in [1.807, 2.05) is 55.5 Å². The van der Waals surface area contributed by atoms with Crippen LogP contribution in [0.25, 0.3) is 21.9 Å². The van der Waals surface area contributed by atoms with E-state index in [0.29, 0.717) is 17.9 Å². The monoisotopic (exact) mass is 371 g/mol. The van der Waals surface area contributed by atoms with Gasteiger partial charge in [0.15, 0.2) is 0 Å². The summed E-state index contributed by atoms with van der Waals surface area (Å²) >= 11 is 0. The lowest BCUT2D eigenvalue weighted by atomic mass is 9.96. The highest BCUT2D eigenvalue weighted by Crippen LogP contribution is 2.37. The summed E-state index contributed by atoms with van der Waals surface area (Å²) in [6, 6.07) is 21.4. The van der Waals surface area contributed by atoms with Crippen molar-refractivity contribution in [2.45, 2.75) is 19.8 Å². The van der Waals surface area contributed by atoms with Crippen molar-refractivity contribution in [1.29, 1.82) is 5.26 Å². The number of fused-ring (bicyclic) bond motifs is 1. The summed E-state index contributed by atoms with van der Waals surface area (Å²) in [5.41, 5.74) is 2.44. The van der Waals surface area contributed by atoms with Crippen molar-refractivity contribution >= 4 is 16.7 Å². The Bertz CT molecular complexity index is 1030. The summed E-state index contributed by atoms with van der Waals surface area (Å²) < 4.78 is 10.9. The Morgan fingerprint density at radius 2 is 1.86 bits per heavy atom. The zero-order chi connectivity index (χ0) is 19.8. The first-order valence-corrected chi connectivity index (χ1v) is 9.25. The molecule has 0 heterocycles. The number of esters is 1. The number of unbranched alkanes of at least 4 members (excludes halogenated alkanes) is 1. The molecule has 0 saturated carbocycles. The molecule has 0 N–H and O–H groups in total. The molecule has 0 aromatic heterocycles. The van der Waals surface area contributed by atoms with Crippen LogP contribution in [-0.4, -0.2) is 12.6 Å². The normalized spacial score (nSPS) is 10.7. The Morgan fingerprint density at radius 1 is 1.07 bits per heavy atom. The van der Waals surface area contributed by atoms with E-state index in [9.17, 15) is 4.79 Å². The number of hydrogen-bond acceptors (Lipinski definition) is 4. The zero-order valence-electron chi connectivity index (χ0n) is 15.7. The van der Waals surface area contributed by atoms with Gasteiger partial charge in [0.25, 0.3) is 0 Å². The van der Waals surface area contributed by atoms with Crippen molar-refractivity contribution in [3.05, 3.63) is 78.6 Å². The number of ether oxygens (including phenoxy) is 2. The molecular formula is C24H21NO3. The van der Waals surface area contributed by atoms with Crippen LogP contribution in [0.3, 0.4) is 0 Å². The van der Waals surface area contributed by atoms with Gasteiger partial charge in [-0.2, -0.15) is 5.26 Å². The highest BCUT2D eigenvalue weighted by atomic mass is 16.5. The van der Waals surface area contributed by atoms with Crippen LogP contribution >= 0.6 is 0 Å². The van der Waals surface area contributed by atoms with Crippen LogP contribution in [0.4, 0.5) is 0 Å². The van der Waals surface area contributed by atoms with Gasteiger partial charge in [0.2, 0.25) is 0 Å². The van der Waals surface area contributed by atoms with Crippen molar-refractivity contribution in [1.82, 2.24) is 0 Å². The largest absolute Gasteiger partial charge is 0.464 e. The lowest BCUT2D eigenvalue weighted by Crippen LogP contribution is -2.02. The predicted octanol–water partition coefficient (Wildman–Crippen LogP) is 5.61. The van der Waals surface area contributed by atoms with Crippen LogP contribution in [0.15, 0.2) is 73.0 Å². The third-order valence-corrected chi connectivity index (χ3v) is 4.33. The number of benzene rings is 3. The molecule has 0 unspecified atom stereocenters. The molecule has 0 bridgehead atoms. The summed E-state index contributed by atoms with van der Waals surface area (Å²) in [4.78, 5) is 11.7. The molecule has 0 fully saturated rings. The van der Waals surface area contributed by atoms with E-state index in [1.54, 1.807) is 12.1 Å². The average molecular weight is 371 g/mol. The quantitative estimate of drug-likeness (QED) is 0.234. The Hall–Kier alpha value is -3.58. The van der Waals surface area contributed by atoms with Gasteiger partial charge in [-0.25, -0.2) is 4.79 Å². The van der Waals surface area contributed by atoms with Crippen molar-refractivity contribution in [2.75, 3.05) is 6.61 Å². The average Bonchev–Trinajstić information content (AvgIpc) is 2.74. The second kappa shape index (κ2) is 9.38. The summed E-state index contributed by atoms with van der Waals surface area (Å²) in [7, 11) is 0. The maximum absolute atomic E-state index is 11.7. The van der Waals surface area contributed by atoms with Gasteiger partial charge in [0.05, 0.1) is 30.6 Å². The molecule has 0 aliphatic rings. The number of nitrogens with zero attached hydrogens (tertiary/aromatic N) is 1. The van der Waals surface area contributed by atoms with Gasteiger partial charge in [-0.3, -0.25) is 0 Å². The Labute approximate surface area is 164 Å². The van der Waals surface area contributed by atoms with E-state index in [1.165, 1.54) is 12.3 Å². The van der Waals surface area contributed by atoms with Gasteiger partial charge in [-0.05, 0) is 41.0 Å². The van der Waals surface area contributed by atoms with Crippen molar-refractivity contribution in [3.63, 3.8) is 0 Å². The number of carbonyl (C=O) groups excluding carboxylic acids is 1. The highest BCUT2D eigenvalue weighted by molar-refractivity contribution is 5.99. The summed E-state index contributed by atoms with van der Waals surface area (Å²) in [6.45, 7) is 2.45. The Balaban J connectivity index is 1.91. The smallest absolute Gasteiger partial charge is 0.333 e. The summed E-state index contributed by atoms with van der Waals surface area (Å²) in [5, 5.41) is 11.2. The Morgan fingerprint density at radius 3 is 2.61 bits per heavy atom. The fourth-order valence-corrected chi connectivity index (χ4v) is 2.89. The predicted molar refractivity (Wildman–Crippen MR) is 110 cm³/mol. The summed E-state index contributed by atoms with van der Waals surface area (Å²) in [6.07, 6.45) is 4.45. The fraction of sp³-hybridized carbons (Fsp3) is 0.167. The maximum atomic E-state index is 11.7. The molecule has 0 amide bonds. The number of rotatable bonds is 7. The number of hydrogen-bond donors (Lipinski definition) is 0. The molecule has 0 saturated heterocycles. The maximum Gasteiger partial charge on any atom is 0.333 e. The SMILES string of the molecule is CCCCOC(=O)/C=C\Oc1ccc2ccccc2c1-c1ccc(C#N)cc1. The van der Waals surface area contributed by atoms with Crippen LogP contribution < -0.4 is 4.74 Å². The van der Waals surface area contributed by atoms with Crippen LogP contribution in [0.2, 0.25) is 0 Å². The second-order valence-corrected chi connectivity index (χ2v) is 6.29. The molecule has 140 valence electrons. The number of carbonyl (C=O) groups is 1. The van der Waals surface area contributed by atoms with Crippen molar-refractivity contribution < 1.29 is 14.3 Å². The van der Waals surface area contributed by atoms with E-state index >= 15 is 0 Å². The molecule has 28 heavy (non-hydrogen) atoms. The molecule has 0 aliphatic heterocycles. The van der Waals surface area contributed by atoms with Gasteiger partial charge in [-0.1, -0.05) is 55.8 Å². The van der Waals surface area contributed by atoms with E-state index < -0.39 is 5.97 Å². The number of nitriles is 1. The fourth-order valence-electron chi connectivity index (χ4n) is 2.89. The van der Waals surface area contributed by atoms with Gasteiger partial charge in [-0.15, -0.1) is 0 Å². The molecular weight excluding hydrogens is 350 g/mol. The second-order valence-electron chi connectivity index (χ2n) is 6.29. The standard InChI is InChI=1S/C24H21NO3/c1-2-3-15-28-23(26)14-16-27-22-13-12-19-6-4-5-7-21(19)24(22)20-10-8-18(17-25)9-11-20/h4-14,16H,2-3,15H2,1H3/b16-14-. The van der Waals surface area contributed by atoms with Crippen molar-refractivity contribution in [2.24, 2.45) is 0 Å². The first-order chi connectivity index (χ1) is 13.7. The van der Waals surface area contributed by atoms with Crippen LogP contribution in [-0.2, 0) is 9.53 Å². The van der Waals surface area contributed by atoms with Crippen LogP contribution in [0.5, 0.6) is 5.75 Å². The van der Waals surface area contributed by atoms with E-state index in [-0.39, 0.29) is 0 Å². The van der Waals surface area contributed by atoms with Crippen LogP contribution in [0, 0.1) is 11.3 Å². The summed E-state index contributed by atoms with van der Waals surface area (Å²) in [5.74, 6) is 0.204. The Kier molecular flexibility index (Phi) is 6.43. The highest BCUT2D eigenvalue weighted by Gasteiger charge is 2.11. The molecule has 3 rings (SSSR count). The lowest BCUT2D eigenvalue weighted by molar-refractivity contribution is -0.137. The third-order valence-electron chi connectivity index (χ3n) is 4.33. The molecule has 0 spiro atoms. The third kappa shape index (κ3) is 4.57. The topological polar surface area (TPSA) is 59.3 Å². The zero-order valence-corrected chi connectivity index (χ0v) is 15.7. The molecule has 4 heteroatoms. The molecule has 0 radical (unpaired) electrons. The molecule has 3 aromatic carbocycles. The molecule has 0 atom stereocenters.